The molecule has 0 radical (unpaired) electrons. The van der Waals surface area contributed by atoms with Crippen LogP contribution in [0.15, 0.2) is 35.3 Å². The topological polar surface area (TPSA) is 67.1 Å². The summed E-state index contributed by atoms with van der Waals surface area (Å²) in [6.07, 6.45) is -2.86. The summed E-state index contributed by atoms with van der Waals surface area (Å²) in [4.78, 5) is 4.62. The predicted molar refractivity (Wildman–Crippen MR) is 121 cm³/mol. The molecular formula is C20H28F3IN6. The Balaban J connectivity index is 0.00000320. The Hall–Kier alpha value is -1.85. The molecule has 0 aliphatic heterocycles. The Labute approximate surface area is 191 Å². The molecule has 1 heterocycles. The number of aryl methyl sites for hydroxylation is 1. The number of rotatable bonds is 5. The lowest BCUT2D eigenvalue weighted by Crippen LogP contribution is -2.45. The maximum atomic E-state index is 12.9. The van der Waals surface area contributed by atoms with Crippen LogP contribution in [-0.4, -0.2) is 32.9 Å². The van der Waals surface area contributed by atoms with Crippen molar-refractivity contribution in [3.63, 3.8) is 0 Å². The molecule has 0 saturated heterocycles. The van der Waals surface area contributed by atoms with Gasteiger partial charge in [-0.05, 0) is 38.2 Å². The molecule has 0 amide bonds. The smallest absolute Gasteiger partial charge is 0.354 e. The monoisotopic (exact) mass is 536 g/mol. The second kappa shape index (κ2) is 11.0. The summed E-state index contributed by atoms with van der Waals surface area (Å²) in [5.41, 5.74) is 1.06. The number of halogens is 4. The number of nitrogens with one attached hydrogen (secondary N) is 2. The lowest BCUT2D eigenvalue weighted by Gasteiger charge is -2.31. The predicted octanol–water partition coefficient (Wildman–Crippen LogP) is 4.10. The Morgan fingerprint density at radius 1 is 1.13 bits per heavy atom. The van der Waals surface area contributed by atoms with Crippen molar-refractivity contribution >= 4 is 29.9 Å². The number of guanidine groups is 1. The van der Waals surface area contributed by atoms with Gasteiger partial charge in [0.05, 0.1) is 19.0 Å². The van der Waals surface area contributed by atoms with E-state index in [0.29, 0.717) is 31.9 Å². The van der Waals surface area contributed by atoms with Crippen LogP contribution in [0.5, 0.6) is 0 Å². The fourth-order valence-electron chi connectivity index (χ4n) is 3.43. The van der Waals surface area contributed by atoms with Crippen molar-refractivity contribution in [2.45, 2.75) is 57.9 Å². The zero-order valence-electron chi connectivity index (χ0n) is 17.1. The maximum absolute atomic E-state index is 12.9. The Morgan fingerprint density at radius 2 is 1.80 bits per heavy atom. The SMILES string of the molecule is Cc1nnc(CNC(=NCc2ccccc2)NC2CCC(C(F)(F)F)CC2)n1C.I. The van der Waals surface area contributed by atoms with Crippen LogP contribution < -0.4 is 10.6 Å². The van der Waals surface area contributed by atoms with Crippen LogP contribution >= 0.6 is 24.0 Å². The number of benzene rings is 1. The first-order chi connectivity index (χ1) is 13.8. The first-order valence-electron chi connectivity index (χ1n) is 9.83. The molecule has 1 aliphatic carbocycles. The van der Waals surface area contributed by atoms with Crippen molar-refractivity contribution in [3.05, 3.63) is 47.5 Å². The Morgan fingerprint density at radius 3 is 2.37 bits per heavy atom. The van der Waals surface area contributed by atoms with Crippen LogP contribution in [0.2, 0.25) is 0 Å². The van der Waals surface area contributed by atoms with Crippen LogP contribution in [0, 0.1) is 12.8 Å². The summed E-state index contributed by atoms with van der Waals surface area (Å²) in [6.45, 7) is 2.78. The van der Waals surface area contributed by atoms with E-state index in [4.69, 9.17) is 0 Å². The van der Waals surface area contributed by atoms with Crippen molar-refractivity contribution < 1.29 is 13.2 Å². The van der Waals surface area contributed by atoms with E-state index in [1.165, 1.54) is 0 Å². The number of hydrogen-bond donors (Lipinski definition) is 2. The second-order valence-corrected chi connectivity index (χ2v) is 7.46. The van der Waals surface area contributed by atoms with E-state index in [0.717, 1.165) is 17.2 Å². The lowest BCUT2D eigenvalue weighted by molar-refractivity contribution is -0.182. The maximum Gasteiger partial charge on any atom is 0.391 e. The van der Waals surface area contributed by atoms with Gasteiger partial charge in [-0.2, -0.15) is 13.2 Å². The minimum Gasteiger partial charge on any atom is -0.354 e. The molecule has 1 aliphatic rings. The van der Waals surface area contributed by atoms with Gasteiger partial charge in [0, 0.05) is 13.1 Å². The van der Waals surface area contributed by atoms with Crippen molar-refractivity contribution in [1.29, 1.82) is 0 Å². The zero-order chi connectivity index (χ0) is 20.9. The van der Waals surface area contributed by atoms with Crippen molar-refractivity contribution in [2.75, 3.05) is 0 Å². The molecule has 3 rings (SSSR count). The summed E-state index contributed by atoms with van der Waals surface area (Å²) >= 11 is 0. The molecule has 30 heavy (non-hydrogen) atoms. The van der Waals surface area contributed by atoms with Gasteiger partial charge in [0.15, 0.2) is 11.8 Å². The number of aromatic nitrogens is 3. The average Bonchev–Trinajstić information content (AvgIpc) is 3.02. The zero-order valence-corrected chi connectivity index (χ0v) is 19.4. The van der Waals surface area contributed by atoms with Gasteiger partial charge in [0.25, 0.3) is 0 Å². The summed E-state index contributed by atoms with van der Waals surface area (Å²) < 4.78 is 40.6. The van der Waals surface area contributed by atoms with Gasteiger partial charge in [0.2, 0.25) is 0 Å². The average molecular weight is 536 g/mol. The molecule has 0 bridgehead atoms. The second-order valence-electron chi connectivity index (χ2n) is 7.46. The van der Waals surface area contributed by atoms with Crippen molar-refractivity contribution in [2.24, 2.45) is 18.0 Å². The third-order valence-corrected chi connectivity index (χ3v) is 5.39. The fourth-order valence-corrected chi connectivity index (χ4v) is 3.43. The molecule has 0 unspecified atom stereocenters. The minimum atomic E-state index is -4.10. The Bertz CT molecular complexity index is 814. The van der Waals surface area contributed by atoms with Crippen molar-refractivity contribution in [1.82, 2.24) is 25.4 Å². The normalized spacial score (nSPS) is 19.8. The van der Waals surface area contributed by atoms with Crippen LogP contribution in [0.3, 0.4) is 0 Å². The molecule has 2 N–H and O–H groups in total. The number of aliphatic imine (C=N–C) groups is 1. The molecular weight excluding hydrogens is 508 g/mol. The van der Waals surface area contributed by atoms with Crippen LogP contribution in [-0.2, 0) is 20.1 Å². The molecule has 1 saturated carbocycles. The fraction of sp³-hybridized carbons (Fsp3) is 0.550. The van der Waals surface area contributed by atoms with Gasteiger partial charge < -0.3 is 15.2 Å². The highest BCUT2D eigenvalue weighted by Crippen LogP contribution is 2.37. The van der Waals surface area contributed by atoms with E-state index in [2.05, 4.69) is 25.8 Å². The van der Waals surface area contributed by atoms with E-state index < -0.39 is 12.1 Å². The van der Waals surface area contributed by atoms with Gasteiger partial charge in [-0.25, -0.2) is 4.99 Å². The van der Waals surface area contributed by atoms with Crippen molar-refractivity contribution in [3.8, 4) is 0 Å². The van der Waals surface area contributed by atoms with Gasteiger partial charge in [-0.1, -0.05) is 30.3 Å². The first kappa shape index (κ1) is 24.4. The van der Waals surface area contributed by atoms with Gasteiger partial charge in [-0.3, -0.25) is 0 Å². The summed E-state index contributed by atoms with van der Waals surface area (Å²) in [5, 5.41) is 14.7. The molecule has 0 atom stereocenters. The van der Waals surface area contributed by atoms with Gasteiger partial charge in [-0.15, -0.1) is 34.2 Å². The van der Waals surface area contributed by atoms with Crippen LogP contribution in [0.1, 0.15) is 42.9 Å². The highest BCUT2D eigenvalue weighted by atomic mass is 127. The third kappa shape index (κ3) is 6.85. The molecule has 10 heteroatoms. The molecule has 166 valence electrons. The summed E-state index contributed by atoms with van der Waals surface area (Å²) in [5.74, 6) is 0.949. The molecule has 1 fully saturated rings. The molecule has 0 spiro atoms. The lowest BCUT2D eigenvalue weighted by atomic mass is 9.85. The van der Waals surface area contributed by atoms with E-state index in [9.17, 15) is 13.2 Å². The van der Waals surface area contributed by atoms with Gasteiger partial charge in [0.1, 0.15) is 5.82 Å². The first-order valence-corrected chi connectivity index (χ1v) is 9.83. The standard InChI is InChI=1S/C20H27F3N6.HI/c1-14-27-28-18(29(14)2)13-25-19(24-12-15-6-4-3-5-7-15)26-17-10-8-16(9-11-17)20(21,22)23;/h3-7,16-17H,8-13H2,1-2H3,(H2,24,25,26);1H. The van der Waals surface area contributed by atoms with E-state index >= 15 is 0 Å². The molecule has 1 aromatic carbocycles. The van der Waals surface area contributed by atoms with E-state index in [1.807, 2.05) is 48.9 Å². The van der Waals surface area contributed by atoms with Gasteiger partial charge >= 0.3 is 6.18 Å². The summed E-state index contributed by atoms with van der Waals surface area (Å²) in [6, 6.07) is 9.79. The number of hydrogen-bond acceptors (Lipinski definition) is 3. The quantitative estimate of drug-likeness (QED) is 0.343. The third-order valence-electron chi connectivity index (χ3n) is 5.39. The summed E-state index contributed by atoms with van der Waals surface area (Å²) in [7, 11) is 1.89. The highest BCUT2D eigenvalue weighted by Gasteiger charge is 2.41. The minimum absolute atomic E-state index is 0. The van der Waals surface area contributed by atoms with E-state index in [-0.39, 0.29) is 42.9 Å². The molecule has 2 aromatic rings. The largest absolute Gasteiger partial charge is 0.391 e. The highest BCUT2D eigenvalue weighted by molar-refractivity contribution is 14.0. The molecule has 1 aromatic heterocycles. The number of nitrogens with zero attached hydrogens (tertiary/aromatic N) is 4. The van der Waals surface area contributed by atoms with Crippen LogP contribution in [0.4, 0.5) is 13.2 Å². The Kier molecular flexibility index (Phi) is 8.92. The van der Waals surface area contributed by atoms with Crippen LogP contribution in [0.25, 0.3) is 0 Å². The molecule has 6 nitrogen and oxygen atoms in total. The van der Waals surface area contributed by atoms with E-state index in [1.54, 1.807) is 0 Å². The number of alkyl halides is 3.